The maximum atomic E-state index is 12.2. The maximum Gasteiger partial charge on any atom is 0.124 e. The Morgan fingerprint density at radius 2 is 1.70 bits per heavy atom. The standard InChI is InChI=1S/C33H37ClO3/c1-30(2)32(17-16-31(3,33(30,35)22-32)25-7-5-4-6-8-25)26-11-14-29(34)24(20-26)19-23-9-12-27(13-10-23)37-28-15-18-36-21-28/h4-14,20,28,35H,15-19,21-22H2,1-3H3/t28-,31?,32?,33?/m0/s1. The molecule has 0 aromatic heterocycles. The first-order valence-electron chi connectivity index (χ1n) is 13.6. The second-order valence-corrected chi connectivity index (χ2v) is 12.6. The lowest BCUT2D eigenvalue weighted by Crippen LogP contribution is -2.80. The highest BCUT2D eigenvalue weighted by Crippen LogP contribution is 2.75. The van der Waals surface area contributed by atoms with Crippen LogP contribution in [0, 0.1) is 5.41 Å². The Morgan fingerprint density at radius 1 is 0.946 bits per heavy atom. The van der Waals surface area contributed by atoms with E-state index in [0.29, 0.717) is 6.61 Å². The van der Waals surface area contributed by atoms with Crippen LogP contribution in [0.3, 0.4) is 0 Å². The van der Waals surface area contributed by atoms with E-state index in [1.807, 2.05) is 12.1 Å². The molecule has 37 heavy (non-hydrogen) atoms. The molecule has 3 nitrogen and oxygen atoms in total. The number of hydrogen-bond donors (Lipinski definition) is 1. The highest BCUT2D eigenvalue weighted by molar-refractivity contribution is 6.31. The van der Waals surface area contributed by atoms with Crippen LogP contribution in [0.5, 0.6) is 5.75 Å². The van der Waals surface area contributed by atoms with Crippen LogP contribution in [0.15, 0.2) is 72.8 Å². The molecule has 4 heteroatoms. The summed E-state index contributed by atoms with van der Waals surface area (Å²) in [6, 6.07) is 25.5. The Bertz CT molecular complexity index is 1280. The number of ether oxygens (including phenoxy) is 2. The molecule has 3 unspecified atom stereocenters. The summed E-state index contributed by atoms with van der Waals surface area (Å²) in [5.74, 6) is 0.886. The Labute approximate surface area is 225 Å². The van der Waals surface area contributed by atoms with Gasteiger partial charge >= 0.3 is 0 Å². The third kappa shape index (κ3) is 3.69. The zero-order valence-corrected chi connectivity index (χ0v) is 22.9. The lowest BCUT2D eigenvalue weighted by atomic mass is 9.29. The van der Waals surface area contributed by atoms with Crippen molar-refractivity contribution in [1.82, 2.24) is 0 Å². The van der Waals surface area contributed by atoms with Gasteiger partial charge in [0.2, 0.25) is 0 Å². The van der Waals surface area contributed by atoms with Gasteiger partial charge < -0.3 is 14.6 Å². The summed E-state index contributed by atoms with van der Waals surface area (Å²) >= 11 is 6.72. The number of rotatable bonds is 6. The highest BCUT2D eigenvalue weighted by atomic mass is 35.5. The SMILES string of the molecule is CC1(c2ccccc2)CCC2(c3ccc(Cl)c(Cc4ccc(O[C@H]5CCOC5)cc4)c3)CC1(O)C2(C)C. The van der Waals surface area contributed by atoms with E-state index >= 15 is 0 Å². The van der Waals surface area contributed by atoms with Crippen molar-refractivity contribution in [3.63, 3.8) is 0 Å². The molecule has 3 aromatic carbocycles. The fourth-order valence-corrected chi connectivity index (χ4v) is 7.82. The van der Waals surface area contributed by atoms with E-state index in [-0.39, 0.29) is 22.3 Å². The zero-order valence-electron chi connectivity index (χ0n) is 22.1. The molecule has 7 rings (SSSR count). The predicted molar refractivity (Wildman–Crippen MR) is 149 cm³/mol. The van der Waals surface area contributed by atoms with Gasteiger partial charge in [0.1, 0.15) is 11.9 Å². The van der Waals surface area contributed by atoms with E-state index in [2.05, 4.69) is 81.4 Å². The minimum absolute atomic E-state index is 0.0591. The quantitative estimate of drug-likeness (QED) is 0.375. The number of aliphatic hydroxyl groups is 1. The van der Waals surface area contributed by atoms with Crippen molar-refractivity contribution in [3.05, 3.63) is 100 Å². The molecule has 0 spiro atoms. The second kappa shape index (κ2) is 8.86. The summed E-state index contributed by atoms with van der Waals surface area (Å²) in [5.41, 5.74) is 3.53. The maximum absolute atomic E-state index is 12.2. The van der Waals surface area contributed by atoms with Gasteiger partial charge in [-0.3, -0.25) is 0 Å². The van der Waals surface area contributed by atoms with Gasteiger partial charge in [0, 0.05) is 27.7 Å². The highest BCUT2D eigenvalue weighted by Gasteiger charge is 2.77. The van der Waals surface area contributed by atoms with Gasteiger partial charge in [-0.25, -0.2) is 0 Å². The van der Waals surface area contributed by atoms with Crippen LogP contribution < -0.4 is 4.74 Å². The number of fused-ring (bicyclic) bond motifs is 2. The minimum Gasteiger partial charge on any atom is -0.488 e. The van der Waals surface area contributed by atoms with Crippen LogP contribution in [0.4, 0.5) is 0 Å². The van der Waals surface area contributed by atoms with E-state index < -0.39 is 5.60 Å². The molecule has 4 atom stereocenters. The Balaban J connectivity index is 1.25. The van der Waals surface area contributed by atoms with Gasteiger partial charge in [-0.2, -0.15) is 0 Å². The molecule has 3 saturated carbocycles. The van der Waals surface area contributed by atoms with Crippen LogP contribution in [0.25, 0.3) is 0 Å². The Morgan fingerprint density at radius 3 is 2.38 bits per heavy atom. The van der Waals surface area contributed by atoms with Gasteiger partial charge in [-0.05, 0) is 66.1 Å². The minimum atomic E-state index is -0.764. The van der Waals surface area contributed by atoms with Crippen molar-refractivity contribution in [1.29, 1.82) is 0 Å². The van der Waals surface area contributed by atoms with E-state index in [1.165, 1.54) is 16.7 Å². The molecule has 1 heterocycles. The number of halogens is 1. The fourth-order valence-electron chi connectivity index (χ4n) is 7.63. The summed E-state index contributed by atoms with van der Waals surface area (Å²) in [5, 5.41) is 13.0. The molecule has 4 fully saturated rings. The first-order valence-corrected chi connectivity index (χ1v) is 14.0. The molecule has 0 radical (unpaired) electrons. The van der Waals surface area contributed by atoms with Gasteiger partial charge in [0.25, 0.3) is 0 Å². The largest absolute Gasteiger partial charge is 0.488 e. The van der Waals surface area contributed by atoms with Crippen LogP contribution >= 0.6 is 11.6 Å². The number of benzene rings is 3. The van der Waals surface area contributed by atoms with Crippen LogP contribution in [-0.4, -0.2) is 30.0 Å². The summed E-state index contributed by atoms with van der Waals surface area (Å²) in [6.45, 7) is 8.23. The molecule has 1 aliphatic heterocycles. The third-order valence-corrected chi connectivity index (χ3v) is 10.6. The van der Waals surface area contributed by atoms with Crippen molar-refractivity contribution < 1.29 is 14.6 Å². The van der Waals surface area contributed by atoms with Crippen molar-refractivity contribution in [2.24, 2.45) is 5.41 Å². The molecule has 194 valence electrons. The summed E-state index contributed by atoms with van der Waals surface area (Å²) in [7, 11) is 0. The Hall–Kier alpha value is -2.33. The number of hydrogen-bond acceptors (Lipinski definition) is 3. The first kappa shape index (κ1) is 25.0. The average Bonchev–Trinajstić information content (AvgIpc) is 3.41. The topological polar surface area (TPSA) is 38.7 Å². The van der Waals surface area contributed by atoms with Crippen LogP contribution in [0.2, 0.25) is 5.02 Å². The van der Waals surface area contributed by atoms with Gasteiger partial charge in [0.05, 0.1) is 18.8 Å². The summed E-state index contributed by atoms with van der Waals surface area (Å²) in [4.78, 5) is 0. The average molecular weight is 517 g/mol. The van der Waals surface area contributed by atoms with E-state index in [0.717, 1.165) is 55.0 Å². The van der Waals surface area contributed by atoms with Crippen LogP contribution in [0.1, 0.15) is 68.7 Å². The molecule has 1 saturated heterocycles. The Kier molecular flexibility index (Phi) is 5.98. The van der Waals surface area contributed by atoms with Crippen LogP contribution in [-0.2, 0) is 22.0 Å². The molecule has 1 N–H and O–H groups in total. The van der Waals surface area contributed by atoms with Gasteiger partial charge in [-0.1, -0.05) is 87.0 Å². The summed E-state index contributed by atoms with van der Waals surface area (Å²) in [6.07, 6.45) is 4.65. The first-order chi connectivity index (χ1) is 17.7. The van der Waals surface area contributed by atoms with Crippen molar-refractivity contribution in [2.75, 3.05) is 13.2 Å². The zero-order chi connectivity index (χ0) is 25.9. The van der Waals surface area contributed by atoms with Crippen molar-refractivity contribution in [2.45, 2.75) is 75.4 Å². The van der Waals surface area contributed by atoms with E-state index in [4.69, 9.17) is 21.1 Å². The molecular weight excluding hydrogens is 480 g/mol. The van der Waals surface area contributed by atoms with E-state index in [1.54, 1.807) is 0 Å². The molecule has 2 bridgehead atoms. The normalized spacial score (nSPS) is 32.1. The monoisotopic (exact) mass is 516 g/mol. The molecule has 0 amide bonds. The second-order valence-electron chi connectivity index (χ2n) is 12.2. The van der Waals surface area contributed by atoms with Crippen molar-refractivity contribution in [3.8, 4) is 5.75 Å². The van der Waals surface area contributed by atoms with Crippen molar-refractivity contribution >= 4 is 11.6 Å². The lowest BCUT2D eigenvalue weighted by Gasteiger charge is -2.76. The predicted octanol–water partition coefficient (Wildman–Crippen LogP) is 7.25. The van der Waals surface area contributed by atoms with Gasteiger partial charge in [-0.15, -0.1) is 0 Å². The van der Waals surface area contributed by atoms with Gasteiger partial charge in [0.15, 0.2) is 0 Å². The molecule has 3 aliphatic carbocycles. The smallest absolute Gasteiger partial charge is 0.124 e. The molecular formula is C33H37ClO3. The molecule has 3 aromatic rings. The third-order valence-electron chi connectivity index (χ3n) is 10.3. The summed E-state index contributed by atoms with van der Waals surface area (Å²) < 4.78 is 11.4. The van der Waals surface area contributed by atoms with E-state index in [9.17, 15) is 5.11 Å². The molecule has 4 aliphatic rings. The lowest BCUT2D eigenvalue weighted by molar-refractivity contribution is -0.281. The fraction of sp³-hybridized carbons (Fsp3) is 0.455.